The molecule has 0 spiro atoms. The van der Waals surface area contributed by atoms with Crippen LogP contribution in [0.2, 0.25) is 0 Å². The number of hydrogen-bond donors (Lipinski definition) is 0. The summed E-state index contributed by atoms with van der Waals surface area (Å²) in [6.07, 6.45) is 4.11. The summed E-state index contributed by atoms with van der Waals surface area (Å²) in [6.45, 7) is 6.63. The van der Waals surface area contributed by atoms with E-state index < -0.39 is 0 Å². The number of alkyl halides is 1. The van der Waals surface area contributed by atoms with Crippen molar-refractivity contribution in [2.45, 2.75) is 38.4 Å². The van der Waals surface area contributed by atoms with Crippen molar-refractivity contribution in [1.29, 1.82) is 0 Å². The Morgan fingerprint density at radius 2 is 2.21 bits per heavy atom. The number of hydrogen-bond acceptors (Lipinski definition) is 1. The molecule has 0 saturated heterocycles. The maximum absolute atomic E-state index is 4.40. The standard InChI is InChI=1S/C12H18BrN/c1-4-9(2)11(13)8-12-10(3)6-5-7-14-12/h5-7,9,11H,4,8H2,1-3H3. The van der Waals surface area contributed by atoms with Gasteiger partial charge in [-0.3, -0.25) is 4.98 Å². The van der Waals surface area contributed by atoms with Crippen LogP contribution in [-0.4, -0.2) is 9.81 Å². The third-order valence-corrected chi connectivity index (χ3v) is 3.99. The van der Waals surface area contributed by atoms with Gasteiger partial charge in [0.1, 0.15) is 0 Å². The quantitative estimate of drug-likeness (QED) is 0.748. The summed E-state index contributed by atoms with van der Waals surface area (Å²) >= 11 is 3.73. The second-order valence-electron chi connectivity index (χ2n) is 3.87. The molecule has 2 unspecified atom stereocenters. The van der Waals surface area contributed by atoms with Gasteiger partial charge < -0.3 is 0 Å². The van der Waals surface area contributed by atoms with Crippen LogP contribution in [0.4, 0.5) is 0 Å². The minimum Gasteiger partial charge on any atom is -0.261 e. The van der Waals surface area contributed by atoms with Crippen LogP contribution >= 0.6 is 15.9 Å². The lowest BCUT2D eigenvalue weighted by molar-refractivity contribution is 0.534. The molecule has 78 valence electrons. The first-order chi connectivity index (χ1) is 6.65. The van der Waals surface area contributed by atoms with Gasteiger partial charge in [-0.2, -0.15) is 0 Å². The van der Waals surface area contributed by atoms with E-state index in [1.807, 2.05) is 12.3 Å². The first-order valence-corrected chi connectivity index (χ1v) is 6.11. The van der Waals surface area contributed by atoms with Gasteiger partial charge in [0, 0.05) is 23.1 Å². The zero-order chi connectivity index (χ0) is 10.6. The van der Waals surface area contributed by atoms with Crippen LogP contribution in [0.25, 0.3) is 0 Å². The summed E-state index contributed by atoms with van der Waals surface area (Å²) < 4.78 is 0. The number of nitrogens with zero attached hydrogens (tertiary/aromatic N) is 1. The highest BCUT2D eigenvalue weighted by molar-refractivity contribution is 9.09. The second kappa shape index (κ2) is 5.50. The molecule has 2 atom stereocenters. The highest BCUT2D eigenvalue weighted by atomic mass is 79.9. The van der Waals surface area contributed by atoms with E-state index in [-0.39, 0.29) is 0 Å². The van der Waals surface area contributed by atoms with Gasteiger partial charge in [0.2, 0.25) is 0 Å². The SMILES string of the molecule is CCC(C)C(Br)Cc1ncccc1C. The molecule has 0 N–H and O–H groups in total. The first-order valence-electron chi connectivity index (χ1n) is 5.19. The van der Waals surface area contributed by atoms with Crippen LogP contribution in [0.15, 0.2) is 18.3 Å². The topological polar surface area (TPSA) is 12.9 Å². The molecule has 14 heavy (non-hydrogen) atoms. The Kier molecular flexibility index (Phi) is 4.59. The molecule has 1 heterocycles. The van der Waals surface area contributed by atoms with E-state index in [1.54, 1.807) is 0 Å². The second-order valence-corrected chi connectivity index (χ2v) is 5.05. The number of aryl methyl sites for hydroxylation is 1. The summed E-state index contributed by atoms with van der Waals surface area (Å²) in [7, 11) is 0. The van der Waals surface area contributed by atoms with Gasteiger partial charge in [-0.25, -0.2) is 0 Å². The molecule has 1 rings (SSSR count). The van der Waals surface area contributed by atoms with Crippen LogP contribution in [0.1, 0.15) is 31.5 Å². The van der Waals surface area contributed by atoms with E-state index in [0.717, 1.165) is 6.42 Å². The first kappa shape index (κ1) is 11.7. The fraction of sp³-hybridized carbons (Fsp3) is 0.583. The molecule has 0 aliphatic carbocycles. The molecule has 1 nitrogen and oxygen atoms in total. The van der Waals surface area contributed by atoms with Gasteiger partial charge in [-0.1, -0.05) is 42.3 Å². The largest absolute Gasteiger partial charge is 0.261 e. The molecular formula is C12H18BrN. The predicted molar refractivity (Wildman–Crippen MR) is 64.8 cm³/mol. The van der Waals surface area contributed by atoms with Crippen molar-refractivity contribution >= 4 is 15.9 Å². The fourth-order valence-corrected chi connectivity index (χ4v) is 2.05. The Morgan fingerprint density at radius 1 is 1.50 bits per heavy atom. The average Bonchev–Trinajstić information content (AvgIpc) is 2.20. The van der Waals surface area contributed by atoms with Gasteiger partial charge in [0.05, 0.1) is 0 Å². The number of halogens is 1. The summed E-state index contributed by atoms with van der Waals surface area (Å²) in [6, 6.07) is 4.12. The molecule has 0 amide bonds. The number of aromatic nitrogens is 1. The van der Waals surface area contributed by atoms with E-state index >= 15 is 0 Å². The Bertz CT molecular complexity index is 285. The normalized spacial score (nSPS) is 15.1. The maximum Gasteiger partial charge on any atom is 0.0443 e. The van der Waals surface area contributed by atoms with Crippen molar-refractivity contribution in [3.05, 3.63) is 29.6 Å². The molecule has 0 fully saturated rings. The highest BCUT2D eigenvalue weighted by Gasteiger charge is 2.14. The van der Waals surface area contributed by atoms with Crippen LogP contribution in [0, 0.1) is 12.8 Å². The van der Waals surface area contributed by atoms with E-state index in [2.05, 4.69) is 47.8 Å². The zero-order valence-electron chi connectivity index (χ0n) is 9.13. The fourth-order valence-electron chi connectivity index (χ4n) is 1.37. The molecule has 1 aromatic rings. The van der Waals surface area contributed by atoms with Crippen molar-refractivity contribution < 1.29 is 0 Å². The third kappa shape index (κ3) is 3.09. The summed E-state index contributed by atoms with van der Waals surface area (Å²) in [5.74, 6) is 0.705. The third-order valence-electron chi connectivity index (χ3n) is 2.77. The van der Waals surface area contributed by atoms with Crippen molar-refractivity contribution in [3.63, 3.8) is 0 Å². The number of pyridine rings is 1. The maximum atomic E-state index is 4.40. The molecule has 0 saturated carbocycles. The van der Waals surface area contributed by atoms with E-state index in [1.165, 1.54) is 17.7 Å². The van der Waals surface area contributed by atoms with Gasteiger partial charge in [0.25, 0.3) is 0 Å². The Labute approximate surface area is 95.1 Å². The van der Waals surface area contributed by atoms with Crippen molar-refractivity contribution in [1.82, 2.24) is 4.98 Å². The molecule has 0 aliphatic heterocycles. The van der Waals surface area contributed by atoms with Crippen molar-refractivity contribution in [2.24, 2.45) is 5.92 Å². The lowest BCUT2D eigenvalue weighted by Gasteiger charge is -2.16. The molecule has 0 aromatic carbocycles. The van der Waals surface area contributed by atoms with Crippen LogP contribution in [-0.2, 0) is 6.42 Å². The lowest BCUT2D eigenvalue weighted by atomic mass is 10.00. The zero-order valence-corrected chi connectivity index (χ0v) is 10.7. The monoisotopic (exact) mass is 255 g/mol. The lowest BCUT2D eigenvalue weighted by Crippen LogP contribution is -2.14. The Morgan fingerprint density at radius 3 is 2.79 bits per heavy atom. The summed E-state index contributed by atoms with van der Waals surface area (Å²) in [5, 5.41) is 0. The molecular weight excluding hydrogens is 238 g/mol. The van der Waals surface area contributed by atoms with Crippen molar-refractivity contribution in [3.8, 4) is 0 Å². The smallest absolute Gasteiger partial charge is 0.0443 e. The minimum atomic E-state index is 0.543. The van der Waals surface area contributed by atoms with E-state index in [4.69, 9.17) is 0 Å². The Balaban J connectivity index is 2.64. The minimum absolute atomic E-state index is 0.543. The number of rotatable bonds is 4. The van der Waals surface area contributed by atoms with Gasteiger partial charge in [-0.15, -0.1) is 0 Å². The predicted octanol–water partition coefficient (Wildman–Crippen LogP) is 3.74. The van der Waals surface area contributed by atoms with E-state index in [0.29, 0.717) is 10.7 Å². The van der Waals surface area contributed by atoms with Gasteiger partial charge in [0.15, 0.2) is 0 Å². The molecule has 0 radical (unpaired) electrons. The average molecular weight is 256 g/mol. The molecule has 0 aliphatic rings. The molecule has 0 bridgehead atoms. The molecule has 2 heteroatoms. The summed E-state index contributed by atoms with van der Waals surface area (Å²) in [5.41, 5.74) is 2.51. The van der Waals surface area contributed by atoms with Crippen LogP contribution in [0.3, 0.4) is 0 Å². The van der Waals surface area contributed by atoms with Crippen LogP contribution < -0.4 is 0 Å². The van der Waals surface area contributed by atoms with Crippen LogP contribution in [0.5, 0.6) is 0 Å². The van der Waals surface area contributed by atoms with E-state index in [9.17, 15) is 0 Å². The summed E-state index contributed by atoms with van der Waals surface area (Å²) in [4.78, 5) is 4.95. The van der Waals surface area contributed by atoms with Crippen molar-refractivity contribution in [2.75, 3.05) is 0 Å². The van der Waals surface area contributed by atoms with Gasteiger partial charge >= 0.3 is 0 Å². The Hall–Kier alpha value is -0.370. The van der Waals surface area contributed by atoms with Gasteiger partial charge in [-0.05, 0) is 24.5 Å². The highest BCUT2D eigenvalue weighted by Crippen LogP contribution is 2.20. The molecule has 1 aromatic heterocycles.